The van der Waals surface area contributed by atoms with E-state index >= 15 is 0 Å². The minimum atomic E-state index is -3.44. The fourth-order valence-corrected chi connectivity index (χ4v) is 3.64. The molecule has 3 rings (SSSR count). The van der Waals surface area contributed by atoms with Crippen LogP contribution in [0.25, 0.3) is 6.08 Å². The molecule has 0 saturated heterocycles. The van der Waals surface area contributed by atoms with E-state index in [1.54, 1.807) is 12.1 Å². The van der Waals surface area contributed by atoms with Crippen LogP contribution in [-0.4, -0.2) is 32.2 Å². The molecule has 7 nitrogen and oxygen atoms in total. The number of ether oxygens (including phenoxy) is 1. The van der Waals surface area contributed by atoms with Gasteiger partial charge in [0.2, 0.25) is 0 Å². The van der Waals surface area contributed by atoms with Gasteiger partial charge in [-0.1, -0.05) is 0 Å². The number of halogens is 2. The van der Waals surface area contributed by atoms with Gasteiger partial charge in [-0.05, 0) is 36.4 Å². The summed E-state index contributed by atoms with van der Waals surface area (Å²) in [5.41, 5.74) is -0.461. The molecule has 0 fully saturated rings. The number of hydrogen-bond acceptors (Lipinski definition) is 6. The molecule has 0 aliphatic carbocycles. The molecule has 0 spiro atoms. The smallest absolute Gasteiger partial charge is 0.335 e. The van der Waals surface area contributed by atoms with Crippen molar-refractivity contribution in [1.82, 2.24) is 4.72 Å². The fraction of sp³-hybridized carbons (Fsp3) is 0.235. The van der Waals surface area contributed by atoms with Crippen molar-refractivity contribution in [3.05, 3.63) is 53.5 Å². The highest BCUT2D eigenvalue weighted by molar-refractivity contribution is 8.22. The van der Waals surface area contributed by atoms with Crippen molar-refractivity contribution >= 4 is 22.8 Å². The minimum Gasteiger partial charge on any atom is -0.478 e. The maximum atomic E-state index is 13.7. The van der Waals surface area contributed by atoms with E-state index in [1.807, 2.05) is 0 Å². The van der Waals surface area contributed by atoms with Gasteiger partial charge in [0.05, 0.1) is 23.3 Å². The summed E-state index contributed by atoms with van der Waals surface area (Å²) in [7, 11) is -3.44. The lowest BCUT2D eigenvalue weighted by Crippen LogP contribution is -2.41. The number of fused-ring (bicyclic) bond motifs is 1. The lowest BCUT2D eigenvalue weighted by atomic mass is 9.98. The Kier molecular flexibility index (Phi) is 5.00. The molecule has 1 atom stereocenters. The molecular weight excluding hydrogens is 384 g/mol. The third-order valence-corrected chi connectivity index (χ3v) is 5.34. The van der Waals surface area contributed by atoms with Gasteiger partial charge in [0, 0.05) is 12.5 Å². The molecule has 1 aliphatic rings. The van der Waals surface area contributed by atoms with Crippen LogP contribution in [0.5, 0.6) is 5.75 Å². The number of carboxylic acids is 1. The molecular formula is C17H17F2NO6S. The van der Waals surface area contributed by atoms with Gasteiger partial charge in [0.1, 0.15) is 11.5 Å². The first-order chi connectivity index (χ1) is 12.6. The van der Waals surface area contributed by atoms with Gasteiger partial charge in [0.15, 0.2) is 6.10 Å². The van der Waals surface area contributed by atoms with Crippen LogP contribution in [0.2, 0.25) is 0 Å². The third kappa shape index (κ3) is 4.14. The normalized spacial score (nSPS) is 17.7. The molecule has 1 aromatic carbocycles. The van der Waals surface area contributed by atoms with Crippen LogP contribution in [0.3, 0.4) is 0 Å². The van der Waals surface area contributed by atoms with Crippen LogP contribution in [0, 0.1) is 0 Å². The third-order valence-electron chi connectivity index (χ3n) is 3.88. The second kappa shape index (κ2) is 6.97. The molecule has 146 valence electrons. The largest absolute Gasteiger partial charge is 0.478 e. The molecule has 27 heavy (non-hydrogen) atoms. The second-order valence-corrected chi connectivity index (χ2v) is 7.87. The summed E-state index contributed by atoms with van der Waals surface area (Å²) in [5.74, 6) is -4.44. The van der Waals surface area contributed by atoms with Gasteiger partial charge in [-0.3, -0.25) is 9.11 Å². The fourth-order valence-electron chi connectivity index (χ4n) is 2.58. The topological polar surface area (TPSA) is 112 Å². The minimum absolute atomic E-state index is 0.0245. The molecule has 2 aromatic rings. The Bertz CT molecular complexity index is 876. The number of rotatable bonds is 6. The second-order valence-electron chi connectivity index (χ2n) is 6.01. The highest BCUT2D eigenvalue weighted by atomic mass is 32.3. The standard InChI is InChI=1S/C17H17F2NO6S/c1-17(18,19)15-13(16(21)22)8-10-7-12(4-5-14(10)26-15)27(23,24)20-9-11-3-2-6-25-11/h2-8,15,20,23-24H,9H2,1H3,(H,21,22). The van der Waals surface area contributed by atoms with E-state index in [1.165, 1.54) is 24.5 Å². The Morgan fingerprint density at radius 2 is 2.07 bits per heavy atom. The van der Waals surface area contributed by atoms with E-state index in [9.17, 15) is 27.8 Å². The zero-order valence-electron chi connectivity index (χ0n) is 14.1. The number of alkyl halides is 2. The molecule has 1 aromatic heterocycles. The lowest BCUT2D eigenvalue weighted by Gasteiger charge is -2.34. The number of carboxylic acid groups (broad SMARTS) is 1. The predicted molar refractivity (Wildman–Crippen MR) is 93.8 cm³/mol. The average Bonchev–Trinajstić information content (AvgIpc) is 3.11. The quantitative estimate of drug-likeness (QED) is 0.579. The van der Waals surface area contributed by atoms with Crippen molar-refractivity contribution in [2.24, 2.45) is 0 Å². The molecule has 2 heterocycles. The summed E-state index contributed by atoms with van der Waals surface area (Å²) < 4.78 is 60.9. The molecule has 0 amide bonds. The predicted octanol–water partition coefficient (Wildman–Crippen LogP) is 3.98. The van der Waals surface area contributed by atoms with Crippen LogP contribution in [-0.2, 0) is 11.3 Å². The highest BCUT2D eigenvalue weighted by Gasteiger charge is 2.44. The molecule has 4 N–H and O–H groups in total. The van der Waals surface area contributed by atoms with E-state index in [4.69, 9.17) is 9.15 Å². The summed E-state index contributed by atoms with van der Waals surface area (Å²) in [6, 6.07) is 7.19. The first-order valence-corrected chi connectivity index (χ1v) is 9.31. The zero-order valence-corrected chi connectivity index (χ0v) is 14.9. The van der Waals surface area contributed by atoms with Crippen LogP contribution < -0.4 is 9.46 Å². The molecule has 1 unspecified atom stereocenters. The van der Waals surface area contributed by atoms with E-state index in [0.29, 0.717) is 12.7 Å². The van der Waals surface area contributed by atoms with Crippen molar-refractivity contribution in [3.8, 4) is 5.75 Å². The number of hydrogen-bond donors (Lipinski definition) is 4. The lowest BCUT2D eigenvalue weighted by molar-refractivity contribution is -0.137. The van der Waals surface area contributed by atoms with Crippen LogP contribution in [0.4, 0.5) is 8.78 Å². The van der Waals surface area contributed by atoms with E-state index < -0.39 is 34.3 Å². The Balaban J connectivity index is 1.90. The van der Waals surface area contributed by atoms with Gasteiger partial charge >= 0.3 is 5.97 Å². The van der Waals surface area contributed by atoms with E-state index in [0.717, 1.165) is 6.08 Å². The average molecular weight is 401 g/mol. The Morgan fingerprint density at radius 3 is 2.67 bits per heavy atom. The van der Waals surface area contributed by atoms with E-state index in [2.05, 4.69) is 4.72 Å². The summed E-state index contributed by atoms with van der Waals surface area (Å²) in [4.78, 5) is 11.4. The Morgan fingerprint density at radius 1 is 1.33 bits per heavy atom. The molecule has 0 saturated carbocycles. The summed E-state index contributed by atoms with van der Waals surface area (Å²) >= 11 is 0. The van der Waals surface area contributed by atoms with Crippen LogP contribution in [0.15, 0.2) is 51.5 Å². The van der Waals surface area contributed by atoms with Gasteiger partial charge < -0.3 is 14.3 Å². The van der Waals surface area contributed by atoms with Gasteiger partial charge in [0.25, 0.3) is 5.92 Å². The van der Waals surface area contributed by atoms with Crippen molar-refractivity contribution in [3.63, 3.8) is 0 Å². The number of nitrogens with one attached hydrogen (secondary N) is 1. The molecule has 1 aliphatic heterocycles. The first-order valence-electron chi connectivity index (χ1n) is 7.76. The van der Waals surface area contributed by atoms with Crippen molar-refractivity contribution < 1.29 is 36.9 Å². The Labute approximate surface area is 154 Å². The van der Waals surface area contributed by atoms with Crippen molar-refractivity contribution in [2.75, 3.05) is 0 Å². The van der Waals surface area contributed by atoms with Crippen molar-refractivity contribution in [1.29, 1.82) is 0 Å². The maximum absolute atomic E-state index is 13.7. The SMILES string of the molecule is CC(F)(F)C1Oc2ccc(S(O)(O)NCc3ccco3)cc2C=C1C(=O)O. The Hall–Kier alpha value is -2.40. The number of carbonyl (C=O) groups is 1. The molecule has 0 radical (unpaired) electrons. The first kappa shape index (κ1) is 19.4. The van der Waals surface area contributed by atoms with Crippen LogP contribution >= 0.6 is 10.8 Å². The van der Waals surface area contributed by atoms with Gasteiger partial charge in [-0.25, -0.2) is 18.3 Å². The summed E-state index contributed by atoms with van der Waals surface area (Å²) in [6.45, 7) is 0.617. The van der Waals surface area contributed by atoms with E-state index in [-0.39, 0.29) is 22.8 Å². The molecule has 0 bridgehead atoms. The molecule has 10 heteroatoms. The monoisotopic (exact) mass is 401 g/mol. The zero-order chi connectivity index (χ0) is 19.8. The van der Waals surface area contributed by atoms with Gasteiger partial charge in [-0.15, -0.1) is 10.8 Å². The highest BCUT2D eigenvalue weighted by Crippen LogP contribution is 2.47. The summed E-state index contributed by atoms with van der Waals surface area (Å²) in [6.07, 6.45) is 0.553. The summed E-state index contributed by atoms with van der Waals surface area (Å²) in [5, 5.41) is 9.22. The van der Waals surface area contributed by atoms with Gasteiger partial charge in [-0.2, -0.15) is 0 Å². The van der Waals surface area contributed by atoms with Crippen molar-refractivity contribution in [2.45, 2.75) is 30.4 Å². The number of aliphatic carboxylic acids is 1. The number of benzene rings is 1. The number of furan rings is 1. The maximum Gasteiger partial charge on any atom is 0.335 e. The van der Waals surface area contributed by atoms with Crippen LogP contribution in [0.1, 0.15) is 18.2 Å².